The maximum absolute atomic E-state index is 13.4. The number of amides is 1. The molecule has 0 aliphatic carbocycles. The van der Waals surface area contributed by atoms with Gasteiger partial charge in [0.05, 0.1) is 13.7 Å². The number of carbonyl (C=O) groups is 1. The van der Waals surface area contributed by atoms with Crippen LogP contribution in [-0.2, 0) is 17.9 Å². The Morgan fingerprint density at radius 1 is 1.06 bits per heavy atom. The van der Waals surface area contributed by atoms with Crippen molar-refractivity contribution in [1.82, 2.24) is 9.78 Å². The van der Waals surface area contributed by atoms with Gasteiger partial charge in [-0.25, -0.2) is 4.39 Å². The van der Waals surface area contributed by atoms with Crippen LogP contribution in [0, 0.1) is 5.82 Å². The average molecular weight is 458 g/mol. The number of ether oxygens (including phenoxy) is 2. The van der Waals surface area contributed by atoms with Gasteiger partial charge in [0.1, 0.15) is 23.9 Å². The van der Waals surface area contributed by atoms with Crippen molar-refractivity contribution >= 4 is 17.8 Å². The third kappa shape index (κ3) is 6.32. The first kappa shape index (κ1) is 22.8. The predicted molar refractivity (Wildman–Crippen MR) is 129 cm³/mol. The third-order valence-electron chi connectivity index (χ3n) is 4.99. The van der Waals surface area contributed by atoms with Crippen LogP contribution >= 0.6 is 0 Å². The van der Waals surface area contributed by atoms with Crippen molar-refractivity contribution in [3.8, 4) is 11.5 Å². The molecule has 0 unspecified atom stereocenters. The van der Waals surface area contributed by atoms with E-state index < -0.39 is 0 Å². The summed E-state index contributed by atoms with van der Waals surface area (Å²) in [7, 11) is 1.61. The highest BCUT2D eigenvalue weighted by Crippen LogP contribution is 2.23. The molecule has 172 valence electrons. The van der Waals surface area contributed by atoms with Gasteiger partial charge in [-0.3, -0.25) is 9.48 Å². The maximum atomic E-state index is 13.4. The Morgan fingerprint density at radius 2 is 1.91 bits per heavy atom. The van der Waals surface area contributed by atoms with Gasteiger partial charge in [-0.2, -0.15) is 5.10 Å². The first-order valence-corrected chi connectivity index (χ1v) is 10.7. The molecule has 0 spiro atoms. The van der Waals surface area contributed by atoms with Crippen LogP contribution in [0.1, 0.15) is 16.7 Å². The first-order valence-electron chi connectivity index (χ1n) is 10.7. The number of carbonyl (C=O) groups excluding carboxylic acids is 1. The second-order valence-electron chi connectivity index (χ2n) is 7.52. The summed E-state index contributed by atoms with van der Waals surface area (Å²) in [6.07, 6.45) is 4.88. The van der Waals surface area contributed by atoms with Crippen LogP contribution in [0.2, 0.25) is 0 Å². The minimum absolute atomic E-state index is 0.295. The molecule has 7 heteroatoms. The summed E-state index contributed by atoms with van der Waals surface area (Å²) in [5.41, 5.74) is 2.48. The van der Waals surface area contributed by atoms with Gasteiger partial charge in [-0.15, -0.1) is 0 Å². The van der Waals surface area contributed by atoms with E-state index in [2.05, 4.69) is 10.4 Å². The Morgan fingerprint density at radius 3 is 2.71 bits per heavy atom. The molecule has 0 atom stereocenters. The van der Waals surface area contributed by atoms with Crippen LogP contribution in [0.25, 0.3) is 6.08 Å². The Bertz CT molecular complexity index is 1290. The van der Waals surface area contributed by atoms with E-state index in [1.165, 1.54) is 18.2 Å². The lowest BCUT2D eigenvalue weighted by atomic mass is 10.1. The number of rotatable bonds is 9. The van der Waals surface area contributed by atoms with Gasteiger partial charge in [0.15, 0.2) is 5.82 Å². The van der Waals surface area contributed by atoms with Gasteiger partial charge in [-0.05, 0) is 53.6 Å². The predicted octanol–water partition coefficient (Wildman–Crippen LogP) is 5.31. The molecule has 0 aliphatic heterocycles. The molecule has 1 heterocycles. The molecule has 1 amide bonds. The quantitative estimate of drug-likeness (QED) is 0.346. The number of para-hydroxylation sites is 1. The normalized spacial score (nSPS) is 10.9. The fourth-order valence-electron chi connectivity index (χ4n) is 3.37. The molecule has 3 aromatic carbocycles. The molecule has 1 N–H and O–H groups in total. The highest BCUT2D eigenvalue weighted by atomic mass is 19.1. The maximum Gasteiger partial charge on any atom is 0.249 e. The number of hydrogen-bond acceptors (Lipinski definition) is 4. The van der Waals surface area contributed by atoms with Crippen LogP contribution in [0.3, 0.4) is 0 Å². The van der Waals surface area contributed by atoms with E-state index in [0.29, 0.717) is 24.7 Å². The topological polar surface area (TPSA) is 65.4 Å². The lowest BCUT2D eigenvalue weighted by Crippen LogP contribution is -2.09. The molecule has 4 aromatic rings. The summed E-state index contributed by atoms with van der Waals surface area (Å²) in [6.45, 7) is 0.743. The number of anilines is 1. The molecule has 1 aromatic heterocycles. The zero-order valence-corrected chi connectivity index (χ0v) is 18.6. The summed E-state index contributed by atoms with van der Waals surface area (Å²) in [6, 6.07) is 23.2. The zero-order chi connectivity index (χ0) is 23.8. The van der Waals surface area contributed by atoms with Crippen molar-refractivity contribution in [2.45, 2.75) is 13.2 Å². The molecule has 0 saturated heterocycles. The van der Waals surface area contributed by atoms with Gasteiger partial charge >= 0.3 is 0 Å². The lowest BCUT2D eigenvalue weighted by Gasteiger charge is -2.11. The largest absolute Gasteiger partial charge is 0.496 e. The Hall–Kier alpha value is -4.39. The third-order valence-corrected chi connectivity index (χ3v) is 4.99. The summed E-state index contributed by atoms with van der Waals surface area (Å²) in [4.78, 5) is 12.4. The summed E-state index contributed by atoms with van der Waals surface area (Å²) in [5.74, 6) is 1.28. The van der Waals surface area contributed by atoms with Crippen molar-refractivity contribution in [2.24, 2.45) is 0 Å². The van der Waals surface area contributed by atoms with Crippen molar-refractivity contribution in [2.75, 3.05) is 12.4 Å². The zero-order valence-electron chi connectivity index (χ0n) is 18.6. The monoisotopic (exact) mass is 457 g/mol. The van der Waals surface area contributed by atoms with Gasteiger partial charge in [0, 0.05) is 23.9 Å². The first-order chi connectivity index (χ1) is 16.6. The highest BCUT2D eigenvalue weighted by Gasteiger charge is 2.07. The molecule has 0 aliphatic rings. The van der Waals surface area contributed by atoms with E-state index in [1.807, 2.05) is 54.6 Å². The number of hydrogen-bond donors (Lipinski definition) is 1. The molecule has 0 radical (unpaired) electrons. The molecule has 4 rings (SSSR count). The van der Waals surface area contributed by atoms with E-state index in [0.717, 1.165) is 22.4 Å². The van der Waals surface area contributed by atoms with Crippen molar-refractivity contribution in [3.63, 3.8) is 0 Å². The molecule has 0 bridgehead atoms. The molecule has 0 saturated carbocycles. The second kappa shape index (κ2) is 11.0. The summed E-state index contributed by atoms with van der Waals surface area (Å²) >= 11 is 0. The highest BCUT2D eigenvalue weighted by molar-refractivity contribution is 6.01. The van der Waals surface area contributed by atoms with Crippen LogP contribution in [-0.4, -0.2) is 22.8 Å². The van der Waals surface area contributed by atoms with E-state index in [1.54, 1.807) is 36.2 Å². The minimum Gasteiger partial charge on any atom is -0.496 e. The SMILES string of the molecule is COc1ccc(/C=C/C(=O)Nc2ccn(Cc3cccc(F)c3)n2)cc1COc1ccccc1. The number of nitrogens with zero attached hydrogens (tertiary/aromatic N) is 2. The number of benzene rings is 3. The summed E-state index contributed by atoms with van der Waals surface area (Å²) in [5, 5.41) is 7.05. The van der Waals surface area contributed by atoms with E-state index in [4.69, 9.17) is 9.47 Å². The standard InChI is InChI=1S/C27H24FN3O3/c1-33-25-12-10-20(16-22(25)19-34-24-8-3-2-4-9-24)11-13-27(32)29-26-14-15-31(30-26)18-21-6-5-7-23(28)17-21/h2-17H,18-19H2,1H3,(H,29,30,32)/b13-11+. The molecular weight excluding hydrogens is 433 g/mol. The smallest absolute Gasteiger partial charge is 0.249 e. The minimum atomic E-state index is -0.311. The lowest BCUT2D eigenvalue weighted by molar-refractivity contribution is -0.111. The van der Waals surface area contributed by atoms with Gasteiger partial charge in [-0.1, -0.05) is 36.4 Å². The Kier molecular flexibility index (Phi) is 7.35. The fraction of sp³-hybridized carbons (Fsp3) is 0.111. The van der Waals surface area contributed by atoms with Gasteiger partial charge in [0.2, 0.25) is 5.91 Å². The fourth-order valence-corrected chi connectivity index (χ4v) is 3.37. The molecule has 6 nitrogen and oxygen atoms in total. The second-order valence-corrected chi connectivity index (χ2v) is 7.52. The van der Waals surface area contributed by atoms with Gasteiger partial charge in [0.25, 0.3) is 0 Å². The molecule has 0 fully saturated rings. The summed E-state index contributed by atoms with van der Waals surface area (Å²) < 4.78 is 26.2. The van der Waals surface area contributed by atoms with Crippen molar-refractivity contribution in [1.29, 1.82) is 0 Å². The van der Waals surface area contributed by atoms with E-state index >= 15 is 0 Å². The number of methoxy groups -OCH3 is 1. The average Bonchev–Trinajstić information content (AvgIpc) is 3.28. The van der Waals surface area contributed by atoms with Crippen LogP contribution in [0.15, 0.2) is 91.1 Å². The van der Waals surface area contributed by atoms with Gasteiger partial charge < -0.3 is 14.8 Å². The molecular formula is C27H24FN3O3. The number of aromatic nitrogens is 2. The number of nitrogens with one attached hydrogen (secondary N) is 1. The van der Waals surface area contributed by atoms with E-state index in [-0.39, 0.29) is 11.7 Å². The Labute approximate surface area is 197 Å². The van der Waals surface area contributed by atoms with Crippen LogP contribution < -0.4 is 14.8 Å². The number of halogens is 1. The van der Waals surface area contributed by atoms with Crippen LogP contribution in [0.4, 0.5) is 10.2 Å². The van der Waals surface area contributed by atoms with Crippen LogP contribution in [0.5, 0.6) is 11.5 Å². The van der Waals surface area contributed by atoms with E-state index in [9.17, 15) is 9.18 Å². The Balaban J connectivity index is 1.36. The molecule has 34 heavy (non-hydrogen) atoms. The van der Waals surface area contributed by atoms with Crippen molar-refractivity contribution < 1.29 is 18.7 Å². The van der Waals surface area contributed by atoms with Crippen molar-refractivity contribution in [3.05, 3.63) is 114 Å².